The van der Waals surface area contributed by atoms with Gasteiger partial charge in [-0.2, -0.15) is 0 Å². The molecule has 4 rings (SSSR count). The highest BCUT2D eigenvalue weighted by Crippen LogP contribution is 2.39. The summed E-state index contributed by atoms with van der Waals surface area (Å²) < 4.78 is 3.35. The first-order chi connectivity index (χ1) is 14.5. The number of nitrogens with zero attached hydrogens (tertiary/aromatic N) is 5. The molecule has 0 unspecified atom stereocenters. The van der Waals surface area contributed by atoms with Crippen LogP contribution in [0.15, 0.2) is 63.6 Å². The van der Waals surface area contributed by atoms with Crippen molar-refractivity contribution in [3.8, 4) is 5.88 Å². The molecule has 0 bridgehead atoms. The fourth-order valence-electron chi connectivity index (χ4n) is 3.60. The van der Waals surface area contributed by atoms with E-state index in [9.17, 15) is 9.90 Å². The standard InChI is InChI=1S/C23H25N5O2/c1-4-27-21(29)16-9-5-7-11-18(16)24-23(27)26-25-20-17-10-6-8-12-19(17)28(22(20)30)14-13-15(2)3/h5-12,15,30H,4,13-14H2,1-3H3. The Kier molecular flexibility index (Phi) is 5.35. The van der Waals surface area contributed by atoms with Crippen molar-refractivity contribution in [2.45, 2.75) is 40.3 Å². The molecule has 30 heavy (non-hydrogen) atoms. The van der Waals surface area contributed by atoms with Gasteiger partial charge in [0.25, 0.3) is 11.5 Å². The Hall–Kier alpha value is -3.48. The van der Waals surface area contributed by atoms with E-state index in [0.29, 0.717) is 35.6 Å². The maximum Gasteiger partial charge on any atom is 0.262 e. The maximum atomic E-state index is 12.8. The van der Waals surface area contributed by atoms with Gasteiger partial charge in [0.2, 0.25) is 5.88 Å². The van der Waals surface area contributed by atoms with E-state index < -0.39 is 0 Å². The lowest BCUT2D eigenvalue weighted by atomic mass is 10.1. The lowest BCUT2D eigenvalue weighted by Crippen LogP contribution is -2.20. The van der Waals surface area contributed by atoms with E-state index in [0.717, 1.165) is 17.3 Å². The lowest BCUT2D eigenvalue weighted by Gasteiger charge is -2.08. The summed E-state index contributed by atoms with van der Waals surface area (Å²) in [5, 5.41) is 20.9. The number of azo groups is 1. The molecule has 0 aliphatic carbocycles. The van der Waals surface area contributed by atoms with Crippen molar-refractivity contribution in [2.24, 2.45) is 16.1 Å². The highest BCUT2D eigenvalue weighted by Gasteiger charge is 2.17. The van der Waals surface area contributed by atoms with Crippen molar-refractivity contribution >= 4 is 33.4 Å². The average molecular weight is 403 g/mol. The monoisotopic (exact) mass is 403 g/mol. The van der Waals surface area contributed by atoms with Gasteiger partial charge in [0.1, 0.15) is 0 Å². The van der Waals surface area contributed by atoms with Gasteiger partial charge in [0.15, 0.2) is 5.69 Å². The minimum Gasteiger partial charge on any atom is -0.493 e. The summed E-state index contributed by atoms with van der Waals surface area (Å²) in [4.78, 5) is 17.3. The van der Waals surface area contributed by atoms with Crippen molar-refractivity contribution in [2.75, 3.05) is 0 Å². The van der Waals surface area contributed by atoms with Crippen LogP contribution < -0.4 is 5.56 Å². The van der Waals surface area contributed by atoms with Gasteiger partial charge in [-0.05, 0) is 37.5 Å². The summed E-state index contributed by atoms with van der Waals surface area (Å²) in [5.74, 6) is 0.808. The first kappa shape index (κ1) is 19.8. The molecule has 2 heterocycles. The van der Waals surface area contributed by atoms with Gasteiger partial charge in [-0.1, -0.05) is 44.2 Å². The molecule has 7 heteroatoms. The third kappa shape index (κ3) is 3.47. The second kappa shape index (κ2) is 8.10. The van der Waals surface area contributed by atoms with Gasteiger partial charge in [-0.15, -0.1) is 10.2 Å². The molecule has 0 fully saturated rings. The fraction of sp³-hybridized carbons (Fsp3) is 0.304. The number of hydrogen-bond donors (Lipinski definition) is 1. The van der Waals surface area contributed by atoms with E-state index in [1.807, 2.05) is 47.9 Å². The second-order valence-corrected chi connectivity index (χ2v) is 7.70. The number of aromatic nitrogens is 3. The Labute approximate surface area is 174 Å². The molecule has 7 nitrogen and oxygen atoms in total. The van der Waals surface area contributed by atoms with Gasteiger partial charge in [-0.3, -0.25) is 9.36 Å². The zero-order valence-corrected chi connectivity index (χ0v) is 17.4. The van der Waals surface area contributed by atoms with Crippen LogP contribution in [-0.4, -0.2) is 19.2 Å². The number of rotatable bonds is 6. The predicted octanol–water partition coefficient (Wildman–Crippen LogP) is 5.54. The minimum atomic E-state index is -0.152. The molecule has 0 radical (unpaired) electrons. The van der Waals surface area contributed by atoms with Crippen LogP contribution in [0.25, 0.3) is 21.8 Å². The molecule has 1 N–H and O–H groups in total. The summed E-state index contributed by atoms with van der Waals surface area (Å²) in [6.07, 6.45) is 0.935. The summed E-state index contributed by atoms with van der Waals surface area (Å²) in [6.45, 7) is 7.28. The third-order valence-electron chi connectivity index (χ3n) is 5.24. The minimum absolute atomic E-state index is 0.0757. The van der Waals surface area contributed by atoms with Gasteiger partial charge < -0.3 is 9.67 Å². The van der Waals surface area contributed by atoms with E-state index >= 15 is 0 Å². The van der Waals surface area contributed by atoms with E-state index in [1.54, 1.807) is 12.1 Å². The molecular weight excluding hydrogens is 378 g/mol. The van der Waals surface area contributed by atoms with Crippen LogP contribution in [0.5, 0.6) is 5.88 Å². The molecule has 0 aliphatic heterocycles. The zero-order valence-electron chi connectivity index (χ0n) is 17.4. The normalized spacial score (nSPS) is 12.0. The van der Waals surface area contributed by atoms with Crippen LogP contribution in [0.2, 0.25) is 0 Å². The topological polar surface area (TPSA) is 84.8 Å². The van der Waals surface area contributed by atoms with Crippen LogP contribution in [0, 0.1) is 5.92 Å². The largest absolute Gasteiger partial charge is 0.493 e. The molecule has 0 aliphatic rings. The van der Waals surface area contributed by atoms with E-state index in [4.69, 9.17) is 0 Å². The number of aryl methyl sites for hydroxylation is 1. The SMILES string of the molecule is CCn1c(N=Nc2c(O)n(CCC(C)C)c3ccccc23)nc2ccccc2c1=O. The van der Waals surface area contributed by atoms with Crippen LogP contribution in [0.3, 0.4) is 0 Å². The van der Waals surface area contributed by atoms with Crippen molar-refractivity contribution in [3.05, 3.63) is 58.9 Å². The molecule has 0 spiro atoms. The predicted molar refractivity (Wildman–Crippen MR) is 119 cm³/mol. The first-order valence-corrected chi connectivity index (χ1v) is 10.2. The highest BCUT2D eigenvalue weighted by atomic mass is 16.3. The Balaban J connectivity index is 1.84. The van der Waals surface area contributed by atoms with Crippen LogP contribution in [-0.2, 0) is 13.1 Å². The zero-order chi connectivity index (χ0) is 21.3. The van der Waals surface area contributed by atoms with Gasteiger partial charge >= 0.3 is 0 Å². The molecule has 0 amide bonds. The molecule has 0 atom stereocenters. The Morgan fingerprint density at radius 2 is 1.70 bits per heavy atom. The summed E-state index contributed by atoms with van der Waals surface area (Å²) in [5.41, 5.74) is 1.72. The number of benzene rings is 2. The molecule has 2 aromatic heterocycles. The number of aromatic hydroxyl groups is 1. The van der Waals surface area contributed by atoms with Gasteiger partial charge in [0, 0.05) is 18.5 Å². The number of fused-ring (bicyclic) bond motifs is 2. The average Bonchev–Trinajstić information content (AvgIpc) is 3.01. The molecule has 154 valence electrons. The number of para-hydroxylation sites is 2. The lowest BCUT2D eigenvalue weighted by molar-refractivity contribution is 0.407. The molecule has 0 saturated heterocycles. The highest BCUT2D eigenvalue weighted by molar-refractivity contribution is 5.95. The molecule has 4 aromatic rings. The smallest absolute Gasteiger partial charge is 0.262 e. The third-order valence-corrected chi connectivity index (χ3v) is 5.24. The summed E-state index contributed by atoms with van der Waals surface area (Å²) >= 11 is 0. The van der Waals surface area contributed by atoms with E-state index in [-0.39, 0.29) is 17.4 Å². The Morgan fingerprint density at radius 3 is 2.43 bits per heavy atom. The Morgan fingerprint density at radius 1 is 1.00 bits per heavy atom. The van der Waals surface area contributed by atoms with E-state index in [1.165, 1.54) is 4.57 Å². The van der Waals surface area contributed by atoms with Crippen molar-refractivity contribution in [3.63, 3.8) is 0 Å². The molecule has 0 saturated carbocycles. The Bertz CT molecular complexity index is 1300. The molecular formula is C23H25N5O2. The van der Waals surface area contributed by atoms with Crippen LogP contribution >= 0.6 is 0 Å². The van der Waals surface area contributed by atoms with Crippen molar-refractivity contribution in [1.29, 1.82) is 0 Å². The van der Waals surface area contributed by atoms with Gasteiger partial charge in [0.05, 0.1) is 16.4 Å². The van der Waals surface area contributed by atoms with Crippen LogP contribution in [0.4, 0.5) is 11.6 Å². The van der Waals surface area contributed by atoms with Gasteiger partial charge in [-0.25, -0.2) is 4.98 Å². The number of hydrogen-bond acceptors (Lipinski definition) is 5. The second-order valence-electron chi connectivity index (χ2n) is 7.70. The molecule has 2 aromatic carbocycles. The summed E-state index contributed by atoms with van der Waals surface area (Å²) in [7, 11) is 0. The van der Waals surface area contributed by atoms with Crippen molar-refractivity contribution in [1.82, 2.24) is 14.1 Å². The van der Waals surface area contributed by atoms with Crippen molar-refractivity contribution < 1.29 is 5.11 Å². The first-order valence-electron chi connectivity index (χ1n) is 10.2. The quantitative estimate of drug-likeness (QED) is 0.429. The fourth-order valence-corrected chi connectivity index (χ4v) is 3.60. The summed E-state index contributed by atoms with van der Waals surface area (Å²) in [6, 6.07) is 14.9. The van der Waals surface area contributed by atoms with Crippen LogP contribution in [0.1, 0.15) is 27.2 Å². The van der Waals surface area contributed by atoms with E-state index in [2.05, 4.69) is 29.1 Å². The maximum absolute atomic E-state index is 12.8.